The average molecular weight is 338 g/mol. The molecular formula is C15H18N2O3S2. The first-order valence-electron chi connectivity index (χ1n) is 7.15. The molecule has 118 valence electrons. The minimum absolute atomic E-state index is 0.196. The van der Waals surface area contributed by atoms with E-state index in [1.165, 1.54) is 0 Å². The number of rotatable bonds is 4. The Hall–Kier alpha value is -1.44. The van der Waals surface area contributed by atoms with Gasteiger partial charge in [0.1, 0.15) is 5.75 Å². The number of hydrogen-bond acceptors (Lipinski definition) is 5. The van der Waals surface area contributed by atoms with Crippen molar-refractivity contribution < 1.29 is 13.2 Å². The van der Waals surface area contributed by atoms with Gasteiger partial charge in [-0.2, -0.15) is 4.31 Å². The van der Waals surface area contributed by atoms with E-state index in [2.05, 4.69) is 4.98 Å². The van der Waals surface area contributed by atoms with Crippen LogP contribution in [0.2, 0.25) is 0 Å². The summed E-state index contributed by atoms with van der Waals surface area (Å²) in [5.74, 6) is 0.847. The molecule has 0 bridgehead atoms. The van der Waals surface area contributed by atoms with Crippen LogP contribution in [0.3, 0.4) is 0 Å². The molecule has 22 heavy (non-hydrogen) atoms. The average Bonchev–Trinajstić information content (AvgIpc) is 3.09. The molecule has 0 amide bonds. The fourth-order valence-corrected chi connectivity index (χ4v) is 4.99. The van der Waals surface area contributed by atoms with Gasteiger partial charge in [0.05, 0.1) is 17.0 Å². The van der Waals surface area contributed by atoms with E-state index in [-0.39, 0.29) is 5.92 Å². The summed E-state index contributed by atoms with van der Waals surface area (Å²) in [7, 11) is -1.89. The minimum atomic E-state index is -3.46. The highest BCUT2D eigenvalue weighted by Crippen LogP contribution is 2.31. The molecule has 0 N–H and O–H groups in total. The zero-order chi connectivity index (χ0) is 15.6. The van der Waals surface area contributed by atoms with Crippen molar-refractivity contribution >= 4 is 21.4 Å². The molecule has 1 unspecified atom stereocenters. The molecule has 1 aromatic carbocycles. The number of ether oxygens (including phenoxy) is 1. The summed E-state index contributed by atoms with van der Waals surface area (Å²) in [6.07, 6.45) is 3.62. The van der Waals surface area contributed by atoms with Gasteiger partial charge in [-0.3, -0.25) is 0 Å². The molecule has 1 aliphatic rings. The van der Waals surface area contributed by atoms with Gasteiger partial charge in [0.15, 0.2) is 0 Å². The Labute approximate surface area is 134 Å². The lowest BCUT2D eigenvalue weighted by atomic mass is 10.0. The van der Waals surface area contributed by atoms with E-state index in [4.69, 9.17) is 4.74 Å². The standard InChI is InChI=1S/C15H18N2O3S2/c1-20-13-4-6-14(7-5-13)22(18,19)17-9-2-3-12(11-17)15-16-8-10-21-15/h4-8,10,12H,2-3,9,11H2,1H3. The summed E-state index contributed by atoms with van der Waals surface area (Å²) >= 11 is 1.59. The molecule has 5 nitrogen and oxygen atoms in total. The van der Waals surface area contributed by atoms with Gasteiger partial charge < -0.3 is 4.74 Å². The van der Waals surface area contributed by atoms with Crippen molar-refractivity contribution in [2.75, 3.05) is 20.2 Å². The van der Waals surface area contributed by atoms with Crippen LogP contribution in [0.5, 0.6) is 5.75 Å². The van der Waals surface area contributed by atoms with Crippen molar-refractivity contribution in [3.8, 4) is 5.75 Å². The van der Waals surface area contributed by atoms with E-state index in [0.29, 0.717) is 23.7 Å². The van der Waals surface area contributed by atoms with Crippen LogP contribution in [0.4, 0.5) is 0 Å². The highest BCUT2D eigenvalue weighted by atomic mass is 32.2. The van der Waals surface area contributed by atoms with Crippen molar-refractivity contribution in [2.45, 2.75) is 23.7 Å². The van der Waals surface area contributed by atoms with Crippen LogP contribution in [0.15, 0.2) is 40.7 Å². The number of nitrogens with zero attached hydrogens (tertiary/aromatic N) is 2. The van der Waals surface area contributed by atoms with Crippen LogP contribution in [-0.2, 0) is 10.0 Å². The molecule has 1 saturated heterocycles. The van der Waals surface area contributed by atoms with Gasteiger partial charge in [0.25, 0.3) is 0 Å². The number of aromatic nitrogens is 1. The van der Waals surface area contributed by atoms with Crippen molar-refractivity contribution in [3.63, 3.8) is 0 Å². The first-order valence-corrected chi connectivity index (χ1v) is 9.47. The molecule has 1 aromatic heterocycles. The monoisotopic (exact) mass is 338 g/mol. The highest BCUT2D eigenvalue weighted by molar-refractivity contribution is 7.89. The first kappa shape index (κ1) is 15.5. The molecule has 1 aliphatic heterocycles. The van der Waals surface area contributed by atoms with Crippen molar-refractivity contribution in [1.29, 1.82) is 0 Å². The fourth-order valence-electron chi connectivity index (χ4n) is 2.70. The normalized spacial score (nSPS) is 20.0. The molecule has 7 heteroatoms. The largest absolute Gasteiger partial charge is 0.497 e. The molecule has 1 atom stereocenters. The summed E-state index contributed by atoms with van der Waals surface area (Å²) in [6.45, 7) is 1.07. The van der Waals surface area contributed by atoms with Gasteiger partial charge in [-0.05, 0) is 37.1 Å². The van der Waals surface area contributed by atoms with Crippen LogP contribution in [0.1, 0.15) is 23.8 Å². The Kier molecular flexibility index (Phi) is 4.46. The third-order valence-corrected chi connectivity index (χ3v) is 6.70. The maximum Gasteiger partial charge on any atom is 0.243 e. The number of hydrogen-bond donors (Lipinski definition) is 0. The predicted octanol–water partition coefficient (Wildman–Crippen LogP) is 2.72. The predicted molar refractivity (Wildman–Crippen MR) is 85.8 cm³/mol. The fraction of sp³-hybridized carbons (Fsp3) is 0.400. The van der Waals surface area contributed by atoms with Crippen LogP contribution in [0, 0.1) is 0 Å². The molecular weight excluding hydrogens is 320 g/mol. The molecule has 1 fully saturated rings. The quantitative estimate of drug-likeness (QED) is 0.860. The Balaban J connectivity index is 1.81. The Morgan fingerprint density at radius 3 is 2.73 bits per heavy atom. The van der Waals surface area contributed by atoms with Crippen LogP contribution in [-0.4, -0.2) is 37.9 Å². The number of thiazole rings is 1. The van der Waals surface area contributed by atoms with Crippen molar-refractivity contribution in [3.05, 3.63) is 40.8 Å². The van der Waals surface area contributed by atoms with E-state index in [0.717, 1.165) is 17.8 Å². The summed E-state index contributed by atoms with van der Waals surface area (Å²) in [5.41, 5.74) is 0. The number of piperidine rings is 1. The van der Waals surface area contributed by atoms with E-state index in [1.54, 1.807) is 53.2 Å². The van der Waals surface area contributed by atoms with E-state index in [1.807, 2.05) is 5.38 Å². The summed E-state index contributed by atoms with van der Waals surface area (Å²) < 4.78 is 32.2. The zero-order valence-electron chi connectivity index (χ0n) is 12.3. The van der Waals surface area contributed by atoms with Crippen molar-refractivity contribution in [1.82, 2.24) is 9.29 Å². The van der Waals surface area contributed by atoms with Crippen LogP contribution in [0.25, 0.3) is 0 Å². The third kappa shape index (κ3) is 3.02. The van der Waals surface area contributed by atoms with Crippen LogP contribution >= 0.6 is 11.3 Å². The lowest BCUT2D eigenvalue weighted by molar-refractivity contribution is 0.315. The van der Waals surface area contributed by atoms with Crippen LogP contribution < -0.4 is 4.74 Å². The van der Waals surface area contributed by atoms with E-state index in [9.17, 15) is 8.42 Å². The number of methoxy groups -OCH3 is 1. The number of sulfonamides is 1. The van der Waals surface area contributed by atoms with Gasteiger partial charge >= 0.3 is 0 Å². The molecule has 3 rings (SSSR count). The zero-order valence-corrected chi connectivity index (χ0v) is 13.9. The second-order valence-electron chi connectivity index (χ2n) is 5.25. The SMILES string of the molecule is COc1ccc(S(=O)(=O)N2CCCC(c3nccs3)C2)cc1. The van der Waals surface area contributed by atoms with Gasteiger partial charge in [-0.25, -0.2) is 13.4 Å². The van der Waals surface area contributed by atoms with Gasteiger partial charge in [-0.15, -0.1) is 11.3 Å². The number of benzene rings is 1. The molecule has 0 radical (unpaired) electrons. The third-order valence-electron chi connectivity index (χ3n) is 3.88. The molecule has 0 saturated carbocycles. The first-order chi connectivity index (χ1) is 10.6. The Morgan fingerprint density at radius 1 is 1.32 bits per heavy atom. The Morgan fingerprint density at radius 2 is 2.09 bits per heavy atom. The van der Waals surface area contributed by atoms with Gasteiger partial charge in [-0.1, -0.05) is 0 Å². The molecule has 0 spiro atoms. The Bertz CT molecular complexity index is 712. The lowest BCUT2D eigenvalue weighted by Crippen LogP contribution is -2.39. The summed E-state index contributed by atoms with van der Waals surface area (Å²) in [4.78, 5) is 4.65. The molecule has 2 aromatic rings. The molecule has 2 heterocycles. The highest BCUT2D eigenvalue weighted by Gasteiger charge is 2.31. The maximum absolute atomic E-state index is 12.8. The smallest absolute Gasteiger partial charge is 0.243 e. The van der Waals surface area contributed by atoms with E-state index < -0.39 is 10.0 Å². The minimum Gasteiger partial charge on any atom is -0.497 e. The van der Waals surface area contributed by atoms with Gasteiger partial charge in [0.2, 0.25) is 10.0 Å². The topological polar surface area (TPSA) is 59.5 Å². The maximum atomic E-state index is 12.8. The summed E-state index contributed by atoms with van der Waals surface area (Å²) in [5, 5.41) is 2.96. The van der Waals surface area contributed by atoms with E-state index >= 15 is 0 Å². The summed E-state index contributed by atoms with van der Waals surface area (Å²) in [6, 6.07) is 6.55. The second-order valence-corrected chi connectivity index (χ2v) is 8.11. The molecule has 0 aliphatic carbocycles. The van der Waals surface area contributed by atoms with Crippen molar-refractivity contribution in [2.24, 2.45) is 0 Å². The lowest BCUT2D eigenvalue weighted by Gasteiger charge is -2.31. The second kappa shape index (κ2) is 6.36. The van der Waals surface area contributed by atoms with Gasteiger partial charge in [0, 0.05) is 30.6 Å².